The summed E-state index contributed by atoms with van der Waals surface area (Å²) in [7, 11) is -3.65. The van der Waals surface area contributed by atoms with Crippen LogP contribution in [0.2, 0.25) is 0 Å². The number of para-hydroxylation sites is 1. The molecular weight excluding hydrogens is 430 g/mol. The lowest BCUT2D eigenvalue weighted by atomic mass is 10.1. The number of hydrogen-bond donors (Lipinski definition) is 2. The fourth-order valence-electron chi connectivity index (χ4n) is 4.04. The van der Waals surface area contributed by atoms with E-state index in [4.69, 9.17) is 4.74 Å². The van der Waals surface area contributed by atoms with Gasteiger partial charge in [-0.3, -0.25) is 9.59 Å². The smallest absolute Gasteiger partial charge is 0.240 e. The Bertz CT molecular complexity index is 1090. The van der Waals surface area contributed by atoms with Crippen LogP contribution < -0.4 is 14.9 Å². The molecule has 0 radical (unpaired) electrons. The van der Waals surface area contributed by atoms with Crippen molar-refractivity contribution in [2.45, 2.75) is 37.2 Å². The highest BCUT2D eigenvalue weighted by molar-refractivity contribution is 7.89. The number of sulfonamides is 1. The molecule has 0 spiro atoms. The maximum atomic E-state index is 12.7. The second-order valence-electron chi connectivity index (χ2n) is 8.19. The van der Waals surface area contributed by atoms with E-state index in [-0.39, 0.29) is 35.8 Å². The zero-order valence-electron chi connectivity index (χ0n) is 17.9. The van der Waals surface area contributed by atoms with Gasteiger partial charge in [0, 0.05) is 37.5 Å². The maximum absolute atomic E-state index is 12.7. The summed E-state index contributed by atoms with van der Waals surface area (Å²) in [5.41, 5.74) is 2.28. The molecule has 32 heavy (non-hydrogen) atoms. The molecular formula is C23H27N3O5S. The highest BCUT2D eigenvalue weighted by Gasteiger charge is 2.35. The molecule has 2 aliphatic heterocycles. The van der Waals surface area contributed by atoms with Crippen molar-refractivity contribution >= 4 is 33.2 Å². The van der Waals surface area contributed by atoms with Gasteiger partial charge in [-0.15, -0.1) is 0 Å². The fourth-order valence-corrected chi connectivity index (χ4v) is 5.10. The summed E-state index contributed by atoms with van der Waals surface area (Å²) >= 11 is 0. The summed E-state index contributed by atoms with van der Waals surface area (Å²) in [5.74, 6) is -0.821. The van der Waals surface area contributed by atoms with Gasteiger partial charge in [0.1, 0.15) is 0 Å². The average Bonchev–Trinajstić information content (AvgIpc) is 3.43. The zero-order valence-corrected chi connectivity index (χ0v) is 18.7. The number of nitrogens with zero attached hydrogens (tertiary/aromatic N) is 1. The fraction of sp³-hybridized carbons (Fsp3) is 0.391. The number of carbonyl (C=O) groups is 2. The Morgan fingerprint density at radius 2 is 1.91 bits per heavy atom. The molecule has 8 nitrogen and oxygen atoms in total. The lowest BCUT2D eigenvalue weighted by Crippen LogP contribution is -2.31. The monoisotopic (exact) mass is 457 g/mol. The Morgan fingerprint density at radius 3 is 2.59 bits per heavy atom. The van der Waals surface area contributed by atoms with Crippen molar-refractivity contribution in [2.24, 2.45) is 5.92 Å². The van der Waals surface area contributed by atoms with Crippen LogP contribution in [0.4, 0.5) is 11.4 Å². The average molecular weight is 458 g/mol. The van der Waals surface area contributed by atoms with Crippen LogP contribution in [0.3, 0.4) is 0 Å². The summed E-state index contributed by atoms with van der Waals surface area (Å²) in [6, 6.07) is 13.6. The van der Waals surface area contributed by atoms with Gasteiger partial charge < -0.3 is 15.0 Å². The van der Waals surface area contributed by atoms with Gasteiger partial charge in [0.15, 0.2) is 0 Å². The Hall–Kier alpha value is -2.75. The molecule has 0 bridgehead atoms. The number of aryl methyl sites for hydroxylation is 1. The second kappa shape index (κ2) is 9.40. The number of amides is 2. The van der Waals surface area contributed by atoms with Crippen molar-refractivity contribution in [2.75, 3.05) is 29.9 Å². The van der Waals surface area contributed by atoms with Crippen LogP contribution in [0.25, 0.3) is 0 Å². The van der Waals surface area contributed by atoms with Crippen LogP contribution in [0.1, 0.15) is 24.8 Å². The van der Waals surface area contributed by atoms with Gasteiger partial charge in [0.25, 0.3) is 0 Å². The molecule has 170 valence electrons. The maximum Gasteiger partial charge on any atom is 0.240 e. The molecule has 0 unspecified atom stereocenters. The first-order chi connectivity index (χ1) is 15.3. The molecule has 2 atom stereocenters. The number of rotatable bonds is 7. The lowest BCUT2D eigenvalue weighted by Gasteiger charge is -2.19. The van der Waals surface area contributed by atoms with Crippen molar-refractivity contribution < 1.29 is 22.7 Å². The molecule has 0 saturated carbocycles. The van der Waals surface area contributed by atoms with Gasteiger partial charge in [-0.25, -0.2) is 13.1 Å². The second-order valence-corrected chi connectivity index (χ2v) is 9.96. The number of ether oxygens (including phenoxy) is 1. The highest BCUT2D eigenvalue weighted by Crippen LogP contribution is 2.28. The molecule has 2 saturated heterocycles. The van der Waals surface area contributed by atoms with E-state index in [9.17, 15) is 18.0 Å². The molecule has 2 N–H and O–H groups in total. The normalized spacial score (nSPS) is 21.2. The van der Waals surface area contributed by atoms with E-state index in [0.717, 1.165) is 24.1 Å². The summed E-state index contributed by atoms with van der Waals surface area (Å²) in [4.78, 5) is 27.0. The van der Waals surface area contributed by atoms with E-state index >= 15 is 0 Å². The van der Waals surface area contributed by atoms with Crippen molar-refractivity contribution in [1.82, 2.24) is 4.72 Å². The van der Waals surface area contributed by atoms with E-state index in [1.165, 1.54) is 12.1 Å². The molecule has 2 heterocycles. The van der Waals surface area contributed by atoms with Crippen molar-refractivity contribution in [1.29, 1.82) is 0 Å². The Balaban J connectivity index is 1.35. The molecule has 2 aromatic carbocycles. The summed E-state index contributed by atoms with van der Waals surface area (Å²) in [6.45, 7) is 3.15. The van der Waals surface area contributed by atoms with Crippen molar-refractivity contribution in [3.8, 4) is 0 Å². The first kappa shape index (κ1) is 22.4. The predicted molar refractivity (Wildman–Crippen MR) is 121 cm³/mol. The molecule has 4 rings (SSSR count). The van der Waals surface area contributed by atoms with Gasteiger partial charge in [-0.2, -0.15) is 0 Å². The first-order valence-electron chi connectivity index (χ1n) is 10.7. The minimum Gasteiger partial charge on any atom is -0.377 e. The summed E-state index contributed by atoms with van der Waals surface area (Å²) < 4.78 is 33.0. The molecule has 2 fully saturated rings. The minimum atomic E-state index is -3.65. The van der Waals surface area contributed by atoms with Gasteiger partial charge in [-0.1, -0.05) is 18.2 Å². The van der Waals surface area contributed by atoms with Crippen LogP contribution in [0.15, 0.2) is 53.4 Å². The Morgan fingerprint density at radius 1 is 1.16 bits per heavy atom. The molecule has 2 aliphatic rings. The SMILES string of the molecule is Cc1ccccc1N1C[C@@H](C(=O)Nc2ccc(S(=O)(=O)NC[C@@H]3CCCO3)cc2)CC1=O. The lowest BCUT2D eigenvalue weighted by molar-refractivity contribution is -0.122. The van der Waals surface area contributed by atoms with E-state index in [1.807, 2.05) is 31.2 Å². The zero-order chi connectivity index (χ0) is 22.7. The number of nitrogens with one attached hydrogen (secondary N) is 2. The van der Waals surface area contributed by atoms with Gasteiger partial charge >= 0.3 is 0 Å². The van der Waals surface area contributed by atoms with Crippen LogP contribution in [-0.4, -0.2) is 46.0 Å². The molecule has 2 aromatic rings. The van der Waals surface area contributed by atoms with E-state index in [2.05, 4.69) is 10.0 Å². The number of anilines is 2. The number of benzene rings is 2. The van der Waals surface area contributed by atoms with Gasteiger partial charge in [-0.05, 0) is 55.7 Å². The number of hydrogen-bond acceptors (Lipinski definition) is 5. The van der Waals surface area contributed by atoms with Crippen molar-refractivity contribution in [3.05, 3.63) is 54.1 Å². The van der Waals surface area contributed by atoms with E-state index < -0.39 is 15.9 Å². The highest BCUT2D eigenvalue weighted by atomic mass is 32.2. The standard InChI is InChI=1S/C23H27N3O5S/c1-16-5-2-3-7-21(16)26-15-17(13-22(26)27)23(28)25-18-8-10-20(11-9-18)32(29,30)24-14-19-6-4-12-31-19/h2-3,5,7-11,17,19,24H,4,6,12-15H2,1H3,(H,25,28)/t17-,19-/m0/s1. The molecule has 2 amide bonds. The summed E-state index contributed by atoms with van der Waals surface area (Å²) in [5, 5.41) is 2.79. The molecule has 0 aromatic heterocycles. The van der Waals surface area contributed by atoms with Gasteiger partial charge in [0.2, 0.25) is 21.8 Å². The molecule has 9 heteroatoms. The Kier molecular flexibility index (Phi) is 6.59. The van der Waals surface area contributed by atoms with Crippen LogP contribution in [-0.2, 0) is 24.3 Å². The van der Waals surface area contributed by atoms with Crippen LogP contribution in [0, 0.1) is 12.8 Å². The first-order valence-corrected chi connectivity index (χ1v) is 12.2. The quantitative estimate of drug-likeness (QED) is 0.665. The number of carbonyl (C=O) groups excluding carboxylic acids is 2. The van der Waals surface area contributed by atoms with Crippen LogP contribution >= 0.6 is 0 Å². The predicted octanol–water partition coefficient (Wildman–Crippen LogP) is 2.44. The summed E-state index contributed by atoms with van der Waals surface area (Å²) in [6.07, 6.45) is 1.84. The van der Waals surface area contributed by atoms with E-state index in [1.54, 1.807) is 17.0 Å². The third-order valence-corrected chi connectivity index (χ3v) is 7.30. The third-order valence-electron chi connectivity index (χ3n) is 5.86. The van der Waals surface area contributed by atoms with Gasteiger partial charge in [0.05, 0.1) is 16.9 Å². The van der Waals surface area contributed by atoms with Crippen LogP contribution in [0.5, 0.6) is 0 Å². The van der Waals surface area contributed by atoms with E-state index in [0.29, 0.717) is 18.8 Å². The largest absolute Gasteiger partial charge is 0.377 e. The van der Waals surface area contributed by atoms with Crippen molar-refractivity contribution in [3.63, 3.8) is 0 Å². The third kappa shape index (κ3) is 5.01. The topological polar surface area (TPSA) is 105 Å². The minimum absolute atomic E-state index is 0.0850. The molecule has 0 aliphatic carbocycles. The Labute approximate surface area is 188 Å².